The molecule has 1 unspecified atom stereocenters. The fourth-order valence-electron chi connectivity index (χ4n) is 4.89. The summed E-state index contributed by atoms with van der Waals surface area (Å²) < 4.78 is 32.5. The van der Waals surface area contributed by atoms with Gasteiger partial charge < -0.3 is 38.6 Å². The van der Waals surface area contributed by atoms with Crippen LogP contribution in [0, 0.1) is 11.8 Å². The first-order chi connectivity index (χ1) is 15.0. The fourth-order valence-corrected chi connectivity index (χ4v) is 4.89. The van der Waals surface area contributed by atoms with Gasteiger partial charge >= 0.3 is 5.97 Å². The zero-order chi connectivity index (χ0) is 21.9. The second-order valence-electron chi connectivity index (χ2n) is 7.65. The summed E-state index contributed by atoms with van der Waals surface area (Å²) >= 11 is 0. The Morgan fingerprint density at radius 1 is 0.903 bits per heavy atom. The quantitative estimate of drug-likeness (QED) is 0.700. The molecule has 0 spiro atoms. The van der Waals surface area contributed by atoms with Gasteiger partial charge in [0.25, 0.3) is 0 Å². The minimum Gasteiger partial charge on any atom is -0.493 e. The summed E-state index contributed by atoms with van der Waals surface area (Å²) in [5.74, 6) is -0.517. The molecule has 3 aliphatic rings. The van der Waals surface area contributed by atoms with Crippen molar-refractivity contribution in [1.82, 2.24) is 0 Å². The molecule has 2 aliphatic heterocycles. The third-order valence-electron chi connectivity index (χ3n) is 6.25. The highest BCUT2D eigenvalue weighted by atomic mass is 16.7. The number of aliphatic hydroxyl groups excluding tert-OH is 2. The summed E-state index contributed by atoms with van der Waals surface area (Å²) in [6.07, 6.45) is -2.54. The van der Waals surface area contributed by atoms with Crippen molar-refractivity contribution in [3.8, 4) is 28.7 Å². The Kier molecular flexibility index (Phi) is 4.60. The molecule has 0 bridgehead atoms. The van der Waals surface area contributed by atoms with Crippen LogP contribution in [0.2, 0.25) is 0 Å². The number of fused-ring (bicyclic) bond motifs is 3. The number of aliphatic hydroxyl groups is 2. The molecular formula is C22H22O9. The predicted octanol–water partition coefficient (Wildman–Crippen LogP) is 1.73. The van der Waals surface area contributed by atoms with E-state index in [-0.39, 0.29) is 6.79 Å². The molecule has 9 heteroatoms. The molecule has 2 aromatic carbocycles. The summed E-state index contributed by atoms with van der Waals surface area (Å²) in [7, 11) is 4.52. The highest BCUT2D eigenvalue weighted by Gasteiger charge is 2.56. The van der Waals surface area contributed by atoms with Gasteiger partial charge in [0.1, 0.15) is 0 Å². The van der Waals surface area contributed by atoms with Crippen LogP contribution in [-0.4, -0.2) is 50.6 Å². The second-order valence-corrected chi connectivity index (χ2v) is 7.65. The Morgan fingerprint density at radius 2 is 1.52 bits per heavy atom. The van der Waals surface area contributed by atoms with Gasteiger partial charge in [-0.15, -0.1) is 0 Å². The lowest BCUT2D eigenvalue weighted by atomic mass is 9.66. The minimum atomic E-state index is -1.42. The zero-order valence-corrected chi connectivity index (χ0v) is 17.2. The van der Waals surface area contributed by atoms with Crippen molar-refractivity contribution < 1.29 is 43.4 Å². The van der Waals surface area contributed by atoms with Gasteiger partial charge in [0.15, 0.2) is 23.0 Å². The Bertz CT molecular complexity index is 1020. The number of cyclic esters (lactones) is 1. The van der Waals surface area contributed by atoms with Crippen LogP contribution in [0.5, 0.6) is 28.7 Å². The lowest BCUT2D eigenvalue weighted by Crippen LogP contribution is -2.37. The largest absolute Gasteiger partial charge is 0.493 e. The lowest BCUT2D eigenvalue weighted by Gasteiger charge is -2.37. The van der Waals surface area contributed by atoms with E-state index in [1.54, 1.807) is 24.3 Å². The maximum atomic E-state index is 12.8. The van der Waals surface area contributed by atoms with Gasteiger partial charge in [-0.3, -0.25) is 4.79 Å². The van der Waals surface area contributed by atoms with Crippen LogP contribution < -0.4 is 23.7 Å². The normalized spacial score (nSPS) is 27.9. The van der Waals surface area contributed by atoms with Crippen LogP contribution in [-0.2, 0) is 9.53 Å². The molecule has 1 aliphatic carbocycles. The second kappa shape index (κ2) is 7.21. The molecule has 5 atom stereocenters. The molecule has 164 valence electrons. The maximum Gasteiger partial charge on any atom is 0.312 e. The van der Waals surface area contributed by atoms with Crippen molar-refractivity contribution >= 4 is 5.97 Å². The van der Waals surface area contributed by atoms with E-state index in [4.69, 9.17) is 28.4 Å². The fraction of sp³-hybridized carbons (Fsp3) is 0.409. The van der Waals surface area contributed by atoms with Gasteiger partial charge in [0.2, 0.25) is 18.8 Å². The number of hydrogen-bond donors (Lipinski definition) is 2. The summed E-state index contributed by atoms with van der Waals surface area (Å²) in [6, 6.07) is 6.97. The van der Waals surface area contributed by atoms with E-state index in [9.17, 15) is 15.0 Å². The monoisotopic (exact) mass is 430 g/mol. The zero-order valence-electron chi connectivity index (χ0n) is 17.2. The minimum absolute atomic E-state index is 0.0701. The first-order valence-electron chi connectivity index (χ1n) is 9.78. The van der Waals surface area contributed by atoms with Gasteiger partial charge in [-0.1, -0.05) is 0 Å². The van der Waals surface area contributed by atoms with Gasteiger partial charge in [0, 0.05) is 5.92 Å². The van der Waals surface area contributed by atoms with E-state index >= 15 is 0 Å². The average Bonchev–Trinajstić information content (AvgIpc) is 3.35. The van der Waals surface area contributed by atoms with E-state index in [1.165, 1.54) is 21.3 Å². The Hall–Kier alpha value is -3.17. The van der Waals surface area contributed by atoms with Gasteiger partial charge in [-0.25, -0.2) is 0 Å². The number of hydrogen-bond acceptors (Lipinski definition) is 9. The maximum absolute atomic E-state index is 12.8. The summed E-state index contributed by atoms with van der Waals surface area (Å²) in [6.45, 7) is 0.0701. The molecule has 9 nitrogen and oxygen atoms in total. The first kappa shape index (κ1) is 19.8. The van der Waals surface area contributed by atoms with Crippen LogP contribution in [0.25, 0.3) is 0 Å². The number of esters is 1. The molecule has 0 saturated carbocycles. The van der Waals surface area contributed by atoms with Gasteiger partial charge in [0.05, 0.1) is 39.3 Å². The third-order valence-corrected chi connectivity index (χ3v) is 6.25. The summed E-state index contributed by atoms with van der Waals surface area (Å²) in [5.41, 5.74) is 1.91. The van der Waals surface area contributed by atoms with E-state index in [2.05, 4.69) is 0 Å². The van der Waals surface area contributed by atoms with E-state index in [1.807, 2.05) is 0 Å². The molecule has 2 heterocycles. The number of ether oxygens (including phenoxy) is 6. The average molecular weight is 430 g/mol. The molecule has 1 fully saturated rings. The topological polar surface area (TPSA) is 113 Å². The molecule has 31 heavy (non-hydrogen) atoms. The van der Waals surface area contributed by atoms with E-state index in [0.29, 0.717) is 45.4 Å². The van der Waals surface area contributed by atoms with Crippen molar-refractivity contribution in [3.63, 3.8) is 0 Å². The van der Waals surface area contributed by atoms with Crippen LogP contribution in [0.4, 0.5) is 0 Å². The molecule has 0 amide bonds. The summed E-state index contributed by atoms with van der Waals surface area (Å²) in [5, 5.41) is 21.4. The standard InChI is InChI=1S/C22H22O9/c1-26-14-4-9(5-15(27-2)20(14)28-3)16-10-6-12-13(30-8-29-12)7-11(10)19(23)18-17(16)21(24)31-22(18)25/h4-7,16-19,22-23,25H,8H2,1-3H3/t16-,17-,18+,19-,22?/m1/s1. The number of rotatable bonds is 4. The van der Waals surface area contributed by atoms with Crippen LogP contribution in [0.15, 0.2) is 24.3 Å². The van der Waals surface area contributed by atoms with Crippen molar-refractivity contribution in [2.24, 2.45) is 11.8 Å². The summed E-state index contributed by atoms with van der Waals surface area (Å²) in [4.78, 5) is 12.8. The Morgan fingerprint density at radius 3 is 2.10 bits per heavy atom. The van der Waals surface area contributed by atoms with Crippen LogP contribution in [0.1, 0.15) is 28.7 Å². The Balaban J connectivity index is 1.76. The van der Waals surface area contributed by atoms with Crippen molar-refractivity contribution in [1.29, 1.82) is 0 Å². The Labute approximate surface area is 178 Å². The van der Waals surface area contributed by atoms with E-state index in [0.717, 1.165) is 0 Å². The molecule has 0 radical (unpaired) electrons. The van der Waals surface area contributed by atoms with Crippen LogP contribution >= 0.6 is 0 Å². The number of benzene rings is 2. The number of carbonyl (C=O) groups excluding carboxylic acids is 1. The number of methoxy groups -OCH3 is 3. The predicted molar refractivity (Wildman–Crippen MR) is 105 cm³/mol. The molecular weight excluding hydrogens is 408 g/mol. The van der Waals surface area contributed by atoms with Gasteiger partial charge in [-0.2, -0.15) is 0 Å². The molecule has 5 rings (SSSR count). The highest BCUT2D eigenvalue weighted by Crippen LogP contribution is 2.56. The van der Waals surface area contributed by atoms with Crippen LogP contribution in [0.3, 0.4) is 0 Å². The van der Waals surface area contributed by atoms with Crippen molar-refractivity contribution in [2.45, 2.75) is 18.3 Å². The lowest BCUT2D eigenvalue weighted by molar-refractivity contribution is -0.159. The molecule has 1 saturated heterocycles. The molecule has 2 N–H and O–H groups in total. The van der Waals surface area contributed by atoms with Gasteiger partial charge in [-0.05, 0) is 41.0 Å². The first-order valence-corrected chi connectivity index (χ1v) is 9.78. The van der Waals surface area contributed by atoms with Crippen molar-refractivity contribution in [3.05, 3.63) is 41.0 Å². The molecule has 2 aromatic rings. The van der Waals surface area contributed by atoms with E-state index < -0.39 is 36.1 Å². The highest BCUT2D eigenvalue weighted by molar-refractivity contribution is 5.79. The smallest absolute Gasteiger partial charge is 0.312 e. The SMILES string of the molecule is COc1cc([C@@H]2c3cc4c(cc3[C@@H](O)[C@H]3C(O)OC(=O)[C@H]23)OCO4)cc(OC)c1OC. The number of carbonyl (C=O) groups is 1. The molecule has 0 aromatic heterocycles. The van der Waals surface area contributed by atoms with Crippen molar-refractivity contribution in [2.75, 3.05) is 28.1 Å². The third kappa shape index (κ3) is 2.80.